The van der Waals surface area contributed by atoms with Gasteiger partial charge in [0.15, 0.2) is 5.41 Å². The summed E-state index contributed by atoms with van der Waals surface area (Å²) in [6.07, 6.45) is 11.6. The van der Waals surface area contributed by atoms with E-state index in [4.69, 9.17) is 9.47 Å². The summed E-state index contributed by atoms with van der Waals surface area (Å²) in [6, 6.07) is 0. The predicted octanol–water partition coefficient (Wildman–Crippen LogP) is 4.12. The minimum atomic E-state index is -1.23. The van der Waals surface area contributed by atoms with E-state index in [1.54, 1.807) is 0 Å². The highest BCUT2D eigenvalue weighted by Crippen LogP contribution is 2.49. The molecule has 0 spiro atoms. The van der Waals surface area contributed by atoms with Crippen LogP contribution < -0.4 is 0 Å². The van der Waals surface area contributed by atoms with Gasteiger partial charge in [-0.15, -0.1) is 0 Å². The summed E-state index contributed by atoms with van der Waals surface area (Å²) < 4.78 is 10.0. The Balaban J connectivity index is 2.34. The van der Waals surface area contributed by atoms with Crippen LogP contribution in [0.2, 0.25) is 0 Å². The third kappa shape index (κ3) is 3.47. The number of rotatable bonds is 5. The zero-order valence-corrected chi connectivity index (χ0v) is 15.2. The summed E-state index contributed by atoms with van der Waals surface area (Å²) in [6.45, 7) is 4.18. The molecule has 24 heavy (non-hydrogen) atoms. The summed E-state index contributed by atoms with van der Waals surface area (Å²) >= 11 is 0. The fraction of sp³-hybridized carbons (Fsp3) is 0.600. The van der Waals surface area contributed by atoms with Crippen molar-refractivity contribution in [3.63, 3.8) is 0 Å². The molecular weight excluding hydrogens is 304 g/mol. The van der Waals surface area contributed by atoms with Crippen LogP contribution in [0.4, 0.5) is 0 Å². The lowest BCUT2D eigenvalue weighted by molar-refractivity contribution is -0.173. The number of allylic oxidation sites excluding steroid dienone is 6. The molecular formula is C20H28O4. The van der Waals surface area contributed by atoms with Crippen LogP contribution in [0.25, 0.3) is 0 Å². The molecule has 2 aliphatic rings. The van der Waals surface area contributed by atoms with Crippen molar-refractivity contribution >= 4 is 11.9 Å². The van der Waals surface area contributed by atoms with Crippen LogP contribution >= 0.6 is 0 Å². The SMILES string of the molecule is COC(=O)C1(C(=O)OC)CCCC2=CCC(CCC=C(C)C)=CC21. The van der Waals surface area contributed by atoms with Crippen LogP contribution in [0.1, 0.15) is 52.4 Å². The fourth-order valence-corrected chi connectivity index (χ4v) is 3.88. The van der Waals surface area contributed by atoms with E-state index in [-0.39, 0.29) is 5.92 Å². The Labute approximate surface area is 144 Å². The van der Waals surface area contributed by atoms with Gasteiger partial charge in [0, 0.05) is 5.92 Å². The van der Waals surface area contributed by atoms with Gasteiger partial charge in [-0.25, -0.2) is 0 Å². The van der Waals surface area contributed by atoms with Crippen molar-refractivity contribution in [2.24, 2.45) is 11.3 Å². The van der Waals surface area contributed by atoms with Crippen molar-refractivity contribution in [3.05, 3.63) is 34.9 Å². The molecule has 0 saturated heterocycles. The van der Waals surface area contributed by atoms with Crippen LogP contribution in [0.15, 0.2) is 34.9 Å². The van der Waals surface area contributed by atoms with Gasteiger partial charge in [0.2, 0.25) is 0 Å². The van der Waals surface area contributed by atoms with Gasteiger partial charge in [0.25, 0.3) is 0 Å². The first kappa shape index (κ1) is 18.5. The monoisotopic (exact) mass is 332 g/mol. The van der Waals surface area contributed by atoms with E-state index in [1.165, 1.54) is 30.9 Å². The second-order valence-corrected chi connectivity index (χ2v) is 6.91. The highest BCUT2D eigenvalue weighted by Gasteiger charge is 2.56. The van der Waals surface area contributed by atoms with Gasteiger partial charge in [-0.1, -0.05) is 34.9 Å². The van der Waals surface area contributed by atoms with E-state index in [1.807, 2.05) is 0 Å². The standard InChI is InChI=1S/C20H28O4/c1-14(2)7-5-8-15-10-11-16-9-6-12-20(17(16)13-15,18(21)23-3)19(22)24-4/h7,11,13,17H,5-6,8-10,12H2,1-4H3. The van der Waals surface area contributed by atoms with Gasteiger partial charge >= 0.3 is 11.9 Å². The number of hydrogen-bond donors (Lipinski definition) is 0. The average Bonchev–Trinajstić information content (AvgIpc) is 2.59. The summed E-state index contributed by atoms with van der Waals surface area (Å²) in [5, 5.41) is 0. The highest BCUT2D eigenvalue weighted by atomic mass is 16.5. The third-order valence-electron chi connectivity index (χ3n) is 5.11. The number of hydrogen-bond acceptors (Lipinski definition) is 4. The van der Waals surface area contributed by atoms with Crippen molar-refractivity contribution in [1.29, 1.82) is 0 Å². The predicted molar refractivity (Wildman–Crippen MR) is 93.3 cm³/mol. The molecule has 2 aliphatic carbocycles. The molecule has 1 fully saturated rings. The maximum atomic E-state index is 12.6. The Hall–Kier alpha value is -1.84. The van der Waals surface area contributed by atoms with E-state index < -0.39 is 17.4 Å². The molecule has 2 rings (SSSR count). The van der Waals surface area contributed by atoms with E-state index in [0.717, 1.165) is 32.1 Å². The molecule has 0 bridgehead atoms. The smallest absolute Gasteiger partial charge is 0.324 e. The summed E-state index contributed by atoms with van der Waals surface area (Å²) in [7, 11) is 2.68. The lowest BCUT2D eigenvalue weighted by Crippen LogP contribution is -2.49. The van der Waals surface area contributed by atoms with Gasteiger partial charge in [-0.3, -0.25) is 9.59 Å². The lowest BCUT2D eigenvalue weighted by Gasteiger charge is -2.41. The van der Waals surface area contributed by atoms with Crippen LogP contribution in [-0.2, 0) is 19.1 Å². The quantitative estimate of drug-likeness (QED) is 0.432. The Kier molecular flexibility index (Phi) is 6.03. The summed E-state index contributed by atoms with van der Waals surface area (Å²) in [4.78, 5) is 25.1. The van der Waals surface area contributed by atoms with E-state index >= 15 is 0 Å². The zero-order chi connectivity index (χ0) is 17.7. The molecule has 0 radical (unpaired) electrons. The van der Waals surface area contributed by atoms with Crippen LogP contribution in [0, 0.1) is 11.3 Å². The first-order chi connectivity index (χ1) is 11.5. The van der Waals surface area contributed by atoms with Crippen molar-refractivity contribution in [1.82, 2.24) is 0 Å². The van der Waals surface area contributed by atoms with Crippen LogP contribution in [0.5, 0.6) is 0 Å². The molecule has 1 unspecified atom stereocenters. The molecule has 132 valence electrons. The van der Waals surface area contributed by atoms with Gasteiger partial charge in [0.1, 0.15) is 0 Å². The maximum absolute atomic E-state index is 12.6. The molecule has 1 saturated carbocycles. The van der Waals surface area contributed by atoms with Crippen molar-refractivity contribution in [2.45, 2.75) is 52.4 Å². The molecule has 0 amide bonds. The number of carbonyl (C=O) groups excluding carboxylic acids is 2. The Bertz CT molecular complexity index is 575. The lowest BCUT2D eigenvalue weighted by atomic mass is 9.61. The average molecular weight is 332 g/mol. The largest absolute Gasteiger partial charge is 0.468 e. The molecule has 0 aliphatic heterocycles. The second kappa shape index (κ2) is 7.82. The Morgan fingerprint density at radius 2 is 1.92 bits per heavy atom. The fourth-order valence-electron chi connectivity index (χ4n) is 3.88. The highest BCUT2D eigenvalue weighted by molar-refractivity contribution is 6.01. The van der Waals surface area contributed by atoms with Crippen molar-refractivity contribution < 1.29 is 19.1 Å². The zero-order valence-electron chi connectivity index (χ0n) is 15.2. The molecule has 0 aromatic heterocycles. The Morgan fingerprint density at radius 1 is 1.25 bits per heavy atom. The first-order valence-corrected chi connectivity index (χ1v) is 8.64. The normalized spacial score (nSPS) is 21.8. The summed E-state index contributed by atoms with van der Waals surface area (Å²) in [5.41, 5.74) is 2.53. The molecule has 0 N–H and O–H groups in total. The summed E-state index contributed by atoms with van der Waals surface area (Å²) in [5.74, 6) is -1.19. The topological polar surface area (TPSA) is 52.6 Å². The first-order valence-electron chi connectivity index (χ1n) is 8.64. The van der Waals surface area contributed by atoms with E-state index in [9.17, 15) is 9.59 Å². The molecule has 1 atom stereocenters. The van der Waals surface area contributed by atoms with Gasteiger partial charge in [-0.2, -0.15) is 0 Å². The minimum Gasteiger partial charge on any atom is -0.468 e. The number of esters is 2. The van der Waals surface area contributed by atoms with E-state index in [0.29, 0.717) is 6.42 Å². The van der Waals surface area contributed by atoms with Gasteiger partial charge in [-0.05, 0) is 52.4 Å². The van der Waals surface area contributed by atoms with Crippen LogP contribution in [0.3, 0.4) is 0 Å². The maximum Gasteiger partial charge on any atom is 0.324 e. The number of fused-ring (bicyclic) bond motifs is 1. The molecule has 0 aromatic rings. The molecule has 4 nitrogen and oxygen atoms in total. The van der Waals surface area contributed by atoms with Crippen molar-refractivity contribution in [2.75, 3.05) is 14.2 Å². The van der Waals surface area contributed by atoms with E-state index in [2.05, 4.69) is 32.1 Å². The van der Waals surface area contributed by atoms with Crippen LogP contribution in [-0.4, -0.2) is 26.2 Å². The molecule has 4 heteroatoms. The number of methoxy groups -OCH3 is 2. The van der Waals surface area contributed by atoms with Crippen molar-refractivity contribution in [3.8, 4) is 0 Å². The molecule has 0 heterocycles. The molecule has 0 aromatic carbocycles. The Morgan fingerprint density at radius 3 is 2.50 bits per heavy atom. The third-order valence-corrected chi connectivity index (χ3v) is 5.11. The van der Waals surface area contributed by atoms with Gasteiger partial charge in [0.05, 0.1) is 14.2 Å². The minimum absolute atomic E-state index is 0.235. The second-order valence-electron chi connectivity index (χ2n) is 6.91. The number of carbonyl (C=O) groups is 2. The van der Waals surface area contributed by atoms with Gasteiger partial charge < -0.3 is 9.47 Å². The number of ether oxygens (including phenoxy) is 2.